The molecule has 3 aromatic heterocycles. The van der Waals surface area contributed by atoms with Crippen molar-refractivity contribution in [3.8, 4) is 22.9 Å². The lowest BCUT2D eigenvalue weighted by molar-refractivity contribution is -0.142. The summed E-state index contributed by atoms with van der Waals surface area (Å²) in [5.41, 5.74) is 2.71. The number of methoxy groups -OCH3 is 2. The molecule has 2 aliphatic heterocycles. The van der Waals surface area contributed by atoms with Gasteiger partial charge in [-0.25, -0.2) is 9.97 Å². The number of carbonyl (C=O) groups excluding carboxylic acids is 1. The maximum Gasteiger partial charge on any atom is 0.408 e. The van der Waals surface area contributed by atoms with Gasteiger partial charge in [0.1, 0.15) is 6.54 Å². The molecule has 5 rings (SSSR count). The summed E-state index contributed by atoms with van der Waals surface area (Å²) in [6.45, 7) is 0.727. The Bertz CT molecular complexity index is 1360. The summed E-state index contributed by atoms with van der Waals surface area (Å²) in [5.74, 6) is 0.592. The number of aromatic nitrogens is 4. The zero-order chi connectivity index (χ0) is 28.4. The van der Waals surface area contributed by atoms with E-state index in [1.54, 1.807) is 29.3 Å². The van der Waals surface area contributed by atoms with Crippen LogP contribution in [-0.4, -0.2) is 71.1 Å². The summed E-state index contributed by atoms with van der Waals surface area (Å²) in [6, 6.07) is 4.85. The molecule has 0 radical (unpaired) electrons. The highest BCUT2D eigenvalue weighted by Gasteiger charge is 2.44. The number of hydrogen-bond donors (Lipinski definition) is 0. The highest BCUT2D eigenvalue weighted by atomic mass is 19.4. The molecular formula is C28H33F3N6O3. The molecule has 0 aliphatic carbocycles. The summed E-state index contributed by atoms with van der Waals surface area (Å²) in [4.78, 5) is 27.0. The third-order valence-corrected chi connectivity index (χ3v) is 7.62. The summed E-state index contributed by atoms with van der Waals surface area (Å²) in [6.07, 6.45) is 4.55. The second kappa shape index (κ2) is 11.4. The first kappa shape index (κ1) is 27.9. The Morgan fingerprint density at radius 2 is 1.82 bits per heavy atom. The van der Waals surface area contributed by atoms with Crippen molar-refractivity contribution in [3.63, 3.8) is 0 Å². The van der Waals surface area contributed by atoms with Crippen molar-refractivity contribution in [2.75, 3.05) is 39.3 Å². The number of ether oxygens (including phenoxy) is 2. The minimum absolute atomic E-state index is 0.0777. The Hall–Kier alpha value is -3.67. The fraction of sp³-hybridized carbons (Fsp3) is 0.500. The molecule has 2 aliphatic rings. The van der Waals surface area contributed by atoms with Gasteiger partial charge in [0.2, 0.25) is 0 Å². The van der Waals surface area contributed by atoms with Gasteiger partial charge < -0.3 is 14.4 Å². The molecule has 0 bridgehead atoms. The topological polar surface area (TPSA) is 85.6 Å². The molecule has 12 heteroatoms. The zero-order valence-corrected chi connectivity index (χ0v) is 22.8. The average Bonchev–Trinajstić information content (AvgIpc) is 3.51. The number of nitrogens with zero attached hydrogens (tertiary/aromatic N) is 6. The van der Waals surface area contributed by atoms with Gasteiger partial charge in [-0.2, -0.15) is 18.3 Å². The van der Waals surface area contributed by atoms with Crippen molar-refractivity contribution < 1.29 is 27.4 Å². The van der Waals surface area contributed by atoms with Crippen LogP contribution in [0.3, 0.4) is 0 Å². The van der Waals surface area contributed by atoms with Gasteiger partial charge in [-0.1, -0.05) is 6.42 Å². The van der Waals surface area contributed by atoms with Gasteiger partial charge in [-0.3, -0.25) is 14.4 Å². The van der Waals surface area contributed by atoms with Crippen molar-refractivity contribution in [3.05, 3.63) is 48.0 Å². The number of fused-ring (bicyclic) bond motifs is 1. The second-order valence-corrected chi connectivity index (χ2v) is 10.4. The van der Waals surface area contributed by atoms with E-state index in [4.69, 9.17) is 14.5 Å². The van der Waals surface area contributed by atoms with Gasteiger partial charge in [0.15, 0.2) is 5.75 Å². The van der Waals surface area contributed by atoms with Crippen LogP contribution in [0.4, 0.5) is 18.9 Å². The number of rotatable bonds is 6. The van der Waals surface area contributed by atoms with E-state index in [0.29, 0.717) is 39.8 Å². The van der Waals surface area contributed by atoms with Crippen LogP contribution >= 0.6 is 0 Å². The summed E-state index contributed by atoms with van der Waals surface area (Å²) in [5, 5.41) is 3.92. The number of anilines is 1. The summed E-state index contributed by atoms with van der Waals surface area (Å²) >= 11 is 0. The minimum Gasteiger partial charge on any atom is -0.491 e. The van der Waals surface area contributed by atoms with E-state index in [1.807, 2.05) is 0 Å². The molecular weight excluding hydrogens is 525 g/mol. The van der Waals surface area contributed by atoms with Crippen LogP contribution in [0, 0.1) is 5.92 Å². The predicted molar refractivity (Wildman–Crippen MR) is 142 cm³/mol. The highest BCUT2D eigenvalue weighted by molar-refractivity contribution is 6.10. The molecule has 2 atom stereocenters. The van der Waals surface area contributed by atoms with Gasteiger partial charge in [0.05, 0.1) is 49.1 Å². The second-order valence-electron chi connectivity index (χ2n) is 10.4. The molecule has 5 heterocycles. The monoisotopic (exact) mass is 558 g/mol. The maximum atomic E-state index is 13.8. The van der Waals surface area contributed by atoms with Crippen LogP contribution in [0.1, 0.15) is 54.2 Å². The van der Waals surface area contributed by atoms with Crippen LogP contribution < -0.4 is 14.4 Å². The summed E-state index contributed by atoms with van der Waals surface area (Å²) < 4.78 is 50.7. The largest absolute Gasteiger partial charge is 0.491 e. The Morgan fingerprint density at radius 3 is 2.58 bits per heavy atom. The number of halogens is 3. The lowest BCUT2D eigenvalue weighted by Crippen LogP contribution is -2.32. The van der Waals surface area contributed by atoms with Crippen LogP contribution in [0.5, 0.6) is 11.6 Å². The standard InChI is InChI=1S/C28H33F3N6O3/c1-35-11-5-4-7-18(8-6-12-35)25-24-21(27(38)37(25)20-15-33-36(16-20)17-28(29,30)31)9-10-22(34-24)19-13-23(39-2)26(40-3)32-14-19/h9-10,13-16,18,25H,4-8,11-12,17H2,1-3H3. The predicted octanol–water partition coefficient (Wildman–Crippen LogP) is 5.13. The van der Waals surface area contributed by atoms with E-state index < -0.39 is 18.8 Å². The first-order valence-corrected chi connectivity index (χ1v) is 13.4. The van der Waals surface area contributed by atoms with Gasteiger partial charge in [-0.15, -0.1) is 0 Å². The Morgan fingerprint density at radius 1 is 1.05 bits per heavy atom. The van der Waals surface area contributed by atoms with Crippen LogP contribution in [0.2, 0.25) is 0 Å². The number of carbonyl (C=O) groups is 1. The van der Waals surface area contributed by atoms with E-state index >= 15 is 0 Å². The SMILES string of the molecule is COc1cc(-c2ccc3c(n2)C(C2CCCCN(C)CCC2)N(c2cnn(CC(F)(F)F)c2)C3=O)cnc1OC. The van der Waals surface area contributed by atoms with Gasteiger partial charge in [-0.05, 0) is 69.9 Å². The van der Waals surface area contributed by atoms with Crippen molar-refractivity contribution >= 4 is 11.6 Å². The molecule has 1 saturated heterocycles. The molecule has 40 heavy (non-hydrogen) atoms. The van der Waals surface area contributed by atoms with Crippen molar-refractivity contribution in [2.45, 2.75) is 50.9 Å². The molecule has 9 nitrogen and oxygen atoms in total. The van der Waals surface area contributed by atoms with Gasteiger partial charge >= 0.3 is 6.18 Å². The van der Waals surface area contributed by atoms with E-state index in [0.717, 1.165) is 49.9 Å². The molecule has 3 aromatic rings. The first-order chi connectivity index (χ1) is 19.2. The molecule has 214 valence electrons. The normalized spacial score (nSPS) is 20.6. The summed E-state index contributed by atoms with van der Waals surface area (Å²) in [7, 11) is 5.15. The van der Waals surface area contributed by atoms with E-state index in [-0.39, 0.29) is 11.8 Å². The number of hydrogen-bond acceptors (Lipinski definition) is 7. The maximum absolute atomic E-state index is 13.8. The fourth-order valence-corrected chi connectivity index (χ4v) is 5.73. The van der Waals surface area contributed by atoms with Crippen molar-refractivity contribution in [1.82, 2.24) is 24.6 Å². The van der Waals surface area contributed by atoms with E-state index in [2.05, 4.69) is 22.0 Å². The number of amides is 1. The molecule has 1 fully saturated rings. The van der Waals surface area contributed by atoms with Gasteiger partial charge in [0.25, 0.3) is 11.8 Å². The van der Waals surface area contributed by atoms with E-state index in [9.17, 15) is 18.0 Å². The van der Waals surface area contributed by atoms with E-state index in [1.165, 1.54) is 26.6 Å². The highest BCUT2D eigenvalue weighted by Crippen LogP contribution is 2.45. The van der Waals surface area contributed by atoms with Gasteiger partial charge in [0, 0.05) is 18.0 Å². The third-order valence-electron chi connectivity index (χ3n) is 7.62. The smallest absolute Gasteiger partial charge is 0.408 e. The molecule has 0 saturated carbocycles. The molecule has 0 N–H and O–H groups in total. The average molecular weight is 559 g/mol. The molecule has 1 amide bonds. The Labute approximate surface area is 230 Å². The molecule has 2 unspecified atom stereocenters. The third kappa shape index (κ3) is 5.77. The number of alkyl halides is 3. The Balaban J connectivity index is 1.57. The Kier molecular flexibility index (Phi) is 7.97. The van der Waals surface area contributed by atoms with Crippen LogP contribution in [0.25, 0.3) is 11.3 Å². The van der Waals surface area contributed by atoms with Crippen molar-refractivity contribution in [1.29, 1.82) is 0 Å². The first-order valence-electron chi connectivity index (χ1n) is 13.4. The molecule has 0 aromatic carbocycles. The van der Waals surface area contributed by atoms with Crippen LogP contribution in [0.15, 0.2) is 36.8 Å². The molecule has 0 spiro atoms. The minimum atomic E-state index is -4.42. The van der Waals surface area contributed by atoms with Crippen LogP contribution in [-0.2, 0) is 6.54 Å². The lowest BCUT2D eigenvalue weighted by atomic mass is 9.87. The lowest BCUT2D eigenvalue weighted by Gasteiger charge is -2.31. The van der Waals surface area contributed by atoms with Crippen molar-refractivity contribution in [2.24, 2.45) is 5.92 Å². The fourth-order valence-electron chi connectivity index (χ4n) is 5.73. The zero-order valence-electron chi connectivity index (χ0n) is 22.8. The number of pyridine rings is 2. The quantitative estimate of drug-likeness (QED) is 0.415.